The van der Waals surface area contributed by atoms with E-state index in [9.17, 15) is 21.6 Å². The number of piperazine rings is 1. The molecular weight excluding hydrogens is 434 g/mol. The Bertz CT molecular complexity index is 1190. The summed E-state index contributed by atoms with van der Waals surface area (Å²) in [6.07, 6.45) is -0.389. The molecule has 0 amide bonds. The zero-order chi connectivity index (χ0) is 21.7. The molecule has 0 radical (unpaired) electrons. The van der Waals surface area contributed by atoms with E-state index in [0.29, 0.717) is 11.0 Å². The molecular formula is C17H25N5O6S2. The molecule has 1 aromatic carbocycles. The smallest absolute Gasteiger partial charge is 0.323 e. The predicted octanol–water partition coefficient (Wildman–Crippen LogP) is -0.483. The van der Waals surface area contributed by atoms with E-state index < -0.39 is 25.9 Å². The van der Waals surface area contributed by atoms with E-state index in [4.69, 9.17) is 4.74 Å². The van der Waals surface area contributed by atoms with Crippen molar-refractivity contribution in [1.82, 2.24) is 22.9 Å². The van der Waals surface area contributed by atoms with Crippen LogP contribution >= 0.6 is 0 Å². The summed E-state index contributed by atoms with van der Waals surface area (Å²) in [7, 11) is -7.50. The molecule has 2 aliphatic rings. The number of aromatic nitrogens is 2. The molecule has 2 aromatic rings. The Morgan fingerprint density at radius 1 is 0.867 bits per heavy atom. The standard InChI is InChI=1S/C17H25N5O6S2/c1-12-10-22(11-13(2)28-12)30(26,27)21-7-5-20(6-8-21)29(24,25)14-3-4-15-16(9-14)19-17(23)18-15/h3-4,9,12-13H,5-8,10-11H2,1-2H3,(H2,18,19,23)/t12-,13-/m1/s1. The Hall–Kier alpha value is -1.77. The van der Waals surface area contributed by atoms with Crippen LogP contribution in [0.5, 0.6) is 0 Å². The molecule has 2 aliphatic heterocycles. The van der Waals surface area contributed by atoms with Crippen LogP contribution in [0, 0.1) is 0 Å². The van der Waals surface area contributed by atoms with Crippen molar-refractivity contribution in [2.45, 2.75) is 31.0 Å². The number of rotatable bonds is 4. The Balaban J connectivity index is 1.48. The summed E-state index contributed by atoms with van der Waals surface area (Å²) >= 11 is 0. The van der Waals surface area contributed by atoms with Crippen molar-refractivity contribution < 1.29 is 21.6 Å². The molecule has 0 spiro atoms. The van der Waals surface area contributed by atoms with Gasteiger partial charge in [-0.15, -0.1) is 0 Å². The number of H-pyrrole nitrogens is 2. The maximum Gasteiger partial charge on any atom is 0.323 e. The van der Waals surface area contributed by atoms with Crippen LogP contribution in [-0.2, 0) is 25.0 Å². The number of nitrogens with one attached hydrogen (secondary N) is 2. The normalized spacial score (nSPS) is 25.7. The van der Waals surface area contributed by atoms with Gasteiger partial charge in [0.15, 0.2) is 0 Å². The van der Waals surface area contributed by atoms with E-state index in [1.165, 1.54) is 31.1 Å². The lowest BCUT2D eigenvalue weighted by molar-refractivity contribution is -0.0456. The number of aromatic amines is 2. The SMILES string of the molecule is C[C@@H]1CN(S(=O)(=O)N2CCN(S(=O)(=O)c3ccc4[nH]c(=O)[nH]c4c3)CC2)C[C@@H](C)O1. The average molecular weight is 460 g/mol. The van der Waals surface area contributed by atoms with Crippen LogP contribution in [0.4, 0.5) is 0 Å². The lowest BCUT2D eigenvalue weighted by Gasteiger charge is -2.39. The summed E-state index contributed by atoms with van der Waals surface area (Å²) in [4.78, 5) is 16.6. The molecule has 0 aliphatic carbocycles. The largest absolute Gasteiger partial charge is 0.373 e. The monoisotopic (exact) mass is 459 g/mol. The second kappa shape index (κ2) is 7.73. The molecule has 2 N–H and O–H groups in total. The number of nitrogens with zero attached hydrogens (tertiary/aromatic N) is 3. The Labute approximate surface area is 174 Å². The van der Waals surface area contributed by atoms with Gasteiger partial charge in [0.1, 0.15) is 0 Å². The molecule has 2 fully saturated rings. The average Bonchev–Trinajstić information content (AvgIpc) is 3.06. The van der Waals surface area contributed by atoms with Gasteiger partial charge >= 0.3 is 5.69 Å². The van der Waals surface area contributed by atoms with Crippen molar-refractivity contribution in [2.24, 2.45) is 0 Å². The third-order valence-corrected chi connectivity index (χ3v) is 9.22. The number of sulfonamides is 1. The van der Waals surface area contributed by atoms with Crippen LogP contribution in [0.1, 0.15) is 13.8 Å². The number of fused-ring (bicyclic) bond motifs is 1. The van der Waals surface area contributed by atoms with E-state index in [0.717, 1.165) is 0 Å². The van der Waals surface area contributed by atoms with E-state index in [1.807, 2.05) is 13.8 Å². The number of imidazole rings is 1. The minimum atomic E-state index is -3.81. The fourth-order valence-corrected chi connectivity index (χ4v) is 7.14. The van der Waals surface area contributed by atoms with Crippen LogP contribution in [0.15, 0.2) is 27.9 Å². The number of benzene rings is 1. The first kappa shape index (κ1) is 21.5. The van der Waals surface area contributed by atoms with Gasteiger partial charge in [0, 0.05) is 39.3 Å². The molecule has 13 heteroatoms. The van der Waals surface area contributed by atoms with Crippen molar-refractivity contribution in [3.8, 4) is 0 Å². The highest BCUT2D eigenvalue weighted by molar-refractivity contribution is 7.89. The zero-order valence-electron chi connectivity index (χ0n) is 16.7. The highest BCUT2D eigenvalue weighted by Gasteiger charge is 2.38. The molecule has 0 unspecified atom stereocenters. The van der Waals surface area contributed by atoms with Gasteiger partial charge in [-0.05, 0) is 32.0 Å². The molecule has 3 heterocycles. The molecule has 30 heavy (non-hydrogen) atoms. The van der Waals surface area contributed by atoms with E-state index in [1.54, 1.807) is 0 Å². The van der Waals surface area contributed by atoms with E-state index in [2.05, 4.69) is 9.97 Å². The molecule has 4 rings (SSSR count). The van der Waals surface area contributed by atoms with Crippen LogP contribution < -0.4 is 5.69 Å². The minimum Gasteiger partial charge on any atom is -0.373 e. The Kier molecular flexibility index (Phi) is 5.53. The van der Waals surface area contributed by atoms with Crippen molar-refractivity contribution in [2.75, 3.05) is 39.3 Å². The molecule has 11 nitrogen and oxygen atoms in total. The lowest BCUT2D eigenvalue weighted by Crippen LogP contribution is -2.57. The first-order valence-corrected chi connectivity index (χ1v) is 12.5. The predicted molar refractivity (Wildman–Crippen MR) is 110 cm³/mol. The summed E-state index contributed by atoms with van der Waals surface area (Å²) in [5.41, 5.74) is 0.506. The first-order valence-electron chi connectivity index (χ1n) is 9.70. The summed E-state index contributed by atoms with van der Waals surface area (Å²) in [6.45, 7) is 4.47. The van der Waals surface area contributed by atoms with Crippen molar-refractivity contribution in [3.63, 3.8) is 0 Å². The van der Waals surface area contributed by atoms with Gasteiger partial charge in [-0.3, -0.25) is 0 Å². The summed E-state index contributed by atoms with van der Waals surface area (Å²) in [5.74, 6) is 0. The van der Waals surface area contributed by atoms with Crippen LogP contribution in [0.2, 0.25) is 0 Å². The molecule has 166 valence electrons. The third kappa shape index (κ3) is 3.92. The van der Waals surface area contributed by atoms with E-state index in [-0.39, 0.29) is 56.4 Å². The minimum absolute atomic E-state index is 0.0531. The highest BCUT2D eigenvalue weighted by atomic mass is 32.2. The number of morpholine rings is 1. The second-order valence-electron chi connectivity index (χ2n) is 7.67. The number of hydrogen-bond acceptors (Lipinski definition) is 6. The van der Waals surface area contributed by atoms with Crippen LogP contribution in [-0.4, -0.2) is 91.2 Å². The van der Waals surface area contributed by atoms with Gasteiger partial charge in [-0.25, -0.2) is 13.2 Å². The molecule has 1 aromatic heterocycles. The zero-order valence-corrected chi connectivity index (χ0v) is 18.4. The van der Waals surface area contributed by atoms with Gasteiger partial charge in [-0.2, -0.15) is 21.3 Å². The van der Waals surface area contributed by atoms with Gasteiger partial charge < -0.3 is 14.7 Å². The van der Waals surface area contributed by atoms with E-state index >= 15 is 0 Å². The first-order chi connectivity index (χ1) is 14.1. The molecule has 0 bridgehead atoms. The molecule has 2 atom stereocenters. The number of hydrogen-bond donors (Lipinski definition) is 2. The quantitative estimate of drug-likeness (QED) is 0.634. The Morgan fingerprint density at radius 2 is 1.43 bits per heavy atom. The van der Waals surface area contributed by atoms with Crippen molar-refractivity contribution in [3.05, 3.63) is 28.7 Å². The van der Waals surface area contributed by atoms with Crippen molar-refractivity contribution >= 4 is 31.3 Å². The van der Waals surface area contributed by atoms with Gasteiger partial charge in [0.05, 0.1) is 28.1 Å². The third-order valence-electron chi connectivity index (χ3n) is 5.36. The Morgan fingerprint density at radius 3 is 2.07 bits per heavy atom. The van der Waals surface area contributed by atoms with Crippen LogP contribution in [0.3, 0.4) is 0 Å². The van der Waals surface area contributed by atoms with Crippen LogP contribution in [0.25, 0.3) is 11.0 Å². The van der Waals surface area contributed by atoms with Gasteiger partial charge in [-0.1, -0.05) is 0 Å². The highest BCUT2D eigenvalue weighted by Crippen LogP contribution is 2.23. The lowest BCUT2D eigenvalue weighted by atomic mass is 10.3. The maximum atomic E-state index is 13.0. The molecule has 2 saturated heterocycles. The molecule has 0 saturated carbocycles. The fraction of sp³-hybridized carbons (Fsp3) is 0.588. The second-order valence-corrected chi connectivity index (χ2v) is 11.5. The summed E-state index contributed by atoms with van der Waals surface area (Å²) in [5, 5.41) is 0. The summed E-state index contributed by atoms with van der Waals surface area (Å²) in [6, 6.07) is 4.37. The van der Waals surface area contributed by atoms with Gasteiger partial charge in [0.2, 0.25) is 10.0 Å². The fourth-order valence-electron chi connectivity index (χ4n) is 3.94. The summed E-state index contributed by atoms with van der Waals surface area (Å²) < 4.78 is 61.6. The topological polar surface area (TPSA) is 136 Å². The number of ether oxygens (including phenoxy) is 1. The maximum absolute atomic E-state index is 13.0. The van der Waals surface area contributed by atoms with Crippen molar-refractivity contribution in [1.29, 1.82) is 0 Å². The van der Waals surface area contributed by atoms with Gasteiger partial charge in [0.25, 0.3) is 10.2 Å².